The van der Waals surface area contributed by atoms with Crippen molar-refractivity contribution >= 4 is 5.91 Å². The van der Waals surface area contributed by atoms with Crippen molar-refractivity contribution in [3.8, 4) is 0 Å². The normalized spacial score (nSPS) is 17.5. The highest BCUT2D eigenvalue weighted by molar-refractivity contribution is 5.72. The van der Waals surface area contributed by atoms with Crippen LogP contribution >= 0.6 is 0 Å². The number of carbonyl (C=O) groups excluding carboxylic acids is 1. The van der Waals surface area contributed by atoms with E-state index >= 15 is 0 Å². The fourth-order valence-corrected chi connectivity index (χ4v) is 1.21. The number of hydrogen-bond donors (Lipinski definition) is 2. The molecule has 0 saturated carbocycles. The Balaban J connectivity index is 1.83. The van der Waals surface area contributed by atoms with Gasteiger partial charge in [0.25, 0.3) is 0 Å². The molecule has 0 aliphatic carbocycles. The summed E-state index contributed by atoms with van der Waals surface area (Å²) < 4.78 is 0. The lowest BCUT2D eigenvalue weighted by molar-refractivity contribution is -0.118. The van der Waals surface area contributed by atoms with Gasteiger partial charge in [0, 0.05) is 13.5 Å². The molecule has 1 amide bonds. The van der Waals surface area contributed by atoms with Gasteiger partial charge in [0.2, 0.25) is 5.91 Å². The average molecular weight is 156 g/mol. The van der Waals surface area contributed by atoms with Gasteiger partial charge in [-0.25, -0.2) is 0 Å². The van der Waals surface area contributed by atoms with E-state index in [2.05, 4.69) is 10.6 Å². The van der Waals surface area contributed by atoms with Crippen molar-refractivity contribution in [3.05, 3.63) is 0 Å². The molecule has 64 valence electrons. The first kappa shape index (κ1) is 8.53. The maximum atomic E-state index is 10.4. The summed E-state index contributed by atoms with van der Waals surface area (Å²) in [6.45, 7) is 4.73. The van der Waals surface area contributed by atoms with Crippen LogP contribution in [0.4, 0.5) is 0 Å². The molecule has 3 nitrogen and oxygen atoms in total. The van der Waals surface area contributed by atoms with E-state index in [0.717, 1.165) is 18.9 Å². The lowest BCUT2D eigenvalue weighted by atomic mass is 9.98. The van der Waals surface area contributed by atoms with Crippen LogP contribution in [0.2, 0.25) is 0 Å². The second-order valence-corrected chi connectivity index (χ2v) is 3.15. The van der Waals surface area contributed by atoms with Crippen LogP contribution < -0.4 is 10.6 Å². The Bertz CT molecular complexity index is 132. The van der Waals surface area contributed by atoms with E-state index < -0.39 is 0 Å². The molecule has 1 aliphatic heterocycles. The highest BCUT2D eigenvalue weighted by Crippen LogP contribution is 2.09. The standard InChI is InChI=1S/C8H16N2O/c1-7(11)10-4-2-3-8-5-9-6-8/h8-9H,2-6H2,1H3,(H,10,11). The molecule has 1 aliphatic rings. The second-order valence-electron chi connectivity index (χ2n) is 3.15. The Morgan fingerprint density at radius 2 is 2.36 bits per heavy atom. The summed E-state index contributed by atoms with van der Waals surface area (Å²) in [7, 11) is 0. The van der Waals surface area contributed by atoms with E-state index in [1.807, 2.05) is 0 Å². The topological polar surface area (TPSA) is 41.1 Å². The summed E-state index contributed by atoms with van der Waals surface area (Å²) in [6.07, 6.45) is 2.36. The summed E-state index contributed by atoms with van der Waals surface area (Å²) in [5.74, 6) is 0.945. The first-order valence-corrected chi connectivity index (χ1v) is 4.24. The first-order valence-electron chi connectivity index (χ1n) is 4.24. The smallest absolute Gasteiger partial charge is 0.216 e. The third-order valence-corrected chi connectivity index (χ3v) is 2.03. The molecule has 1 rings (SSSR count). The van der Waals surface area contributed by atoms with Crippen molar-refractivity contribution in [1.82, 2.24) is 10.6 Å². The molecule has 0 radical (unpaired) electrons. The van der Waals surface area contributed by atoms with Crippen LogP contribution in [0.25, 0.3) is 0 Å². The zero-order valence-corrected chi connectivity index (χ0v) is 7.02. The molecule has 0 spiro atoms. The lowest BCUT2D eigenvalue weighted by Gasteiger charge is -2.26. The summed E-state index contributed by atoms with van der Waals surface area (Å²) in [4.78, 5) is 10.4. The Morgan fingerprint density at radius 1 is 1.64 bits per heavy atom. The van der Waals surface area contributed by atoms with Gasteiger partial charge in [0.05, 0.1) is 0 Å². The van der Waals surface area contributed by atoms with Gasteiger partial charge in [0.1, 0.15) is 0 Å². The van der Waals surface area contributed by atoms with E-state index in [0.29, 0.717) is 0 Å². The molecule has 0 aromatic carbocycles. The maximum Gasteiger partial charge on any atom is 0.216 e. The Kier molecular flexibility index (Phi) is 3.36. The van der Waals surface area contributed by atoms with Gasteiger partial charge in [-0.05, 0) is 31.8 Å². The quantitative estimate of drug-likeness (QED) is 0.568. The molecule has 0 atom stereocenters. The van der Waals surface area contributed by atoms with E-state index in [-0.39, 0.29) is 5.91 Å². The number of amides is 1. The van der Waals surface area contributed by atoms with Gasteiger partial charge in [-0.1, -0.05) is 0 Å². The third kappa shape index (κ3) is 3.37. The highest BCUT2D eigenvalue weighted by atomic mass is 16.1. The van der Waals surface area contributed by atoms with Crippen LogP contribution in [0, 0.1) is 5.92 Å². The van der Waals surface area contributed by atoms with Crippen LogP contribution in [0.5, 0.6) is 0 Å². The van der Waals surface area contributed by atoms with Crippen LogP contribution in [0.15, 0.2) is 0 Å². The van der Waals surface area contributed by atoms with Crippen molar-refractivity contribution in [1.29, 1.82) is 0 Å². The van der Waals surface area contributed by atoms with E-state index in [1.165, 1.54) is 19.5 Å². The zero-order chi connectivity index (χ0) is 8.10. The predicted octanol–water partition coefficient (Wildman–Crippen LogP) is 0.122. The molecule has 1 saturated heterocycles. The van der Waals surface area contributed by atoms with Crippen LogP contribution in [-0.4, -0.2) is 25.5 Å². The fraction of sp³-hybridized carbons (Fsp3) is 0.875. The minimum atomic E-state index is 0.0803. The van der Waals surface area contributed by atoms with Gasteiger partial charge >= 0.3 is 0 Å². The summed E-state index contributed by atoms with van der Waals surface area (Å²) in [5.41, 5.74) is 0. The van der Waals surface area contributed by atoms with Crippen molar-refractivity contribution in [2.45, 2.75) is 19.8 Å². The molecule has 1 fully saturated rings. The van der Waals surface area contributed by atoms with E-state index in [9.17, 15) is 4.79 Å². The van der Waals surface area contributed by atoms with Crippen LogP contribution in [-0.2, 0) is 4.79 Å². The molecule has 0 aromatic heterocycles. The van der Waals surface area contributed by atoms with Crippen LogP contribution in [0.1, 0.15) is 19.8 Å². The molecule has 1 heterocycles. The van der Waals surface area contributed by atoms with Crippen molar-refractivity contribution in [2.24, 2.45) is 5.92 Å². The van der Waals surface area contributed by atoms with Gasteiger partial charge in [-0.3, -0.25) is 4.79 Å². The van der Waals surface area contributed by atoms with Crippen LogP contribution in [0.3, 0.4) is 0 Å². The van der Waals surface area contributed by atoms with E-state index in [1.54, 1.807) is 6.92 Å². The second kappa shape index (κ2) is 4.34. The Morgan fingerprint density at radius 3 is 2.82 bits per heavy atom. The SMILES string of the molecule is CC(=O)NCCCC1CNC1. The summed E-state index contributed by atoms with van der Waals surface area (Å²) >= 11 is 0. The zero-order valence-electron chi connectivity index (χ0n) is 7.02. The molecule has 0 aromatic rings. The molecular weight excluding hydrogens is 140 g/mol. The minimum absolute atomic E-state index is 0.0803. The molecule has 0 bridgehead atoms. The minimum Gasteiger partial charge on any atom is -0.356 e. The molecule has 11 heavy (non-hydrogen) atoms. The number of rotatable bonds is 4. The molecule has 3 heteroatoms. The number of carbonyl (C=O) groups is 1. The van der Waals surface area contributed by atoms with Gasteiger partial charge in [0.15, 0.2) is 0 Å². The first-order chi connectivity index (χ1) is 5.29. The largest absolute Gasteiger partial charge is 0.356 e. The van der Waals surface area contributed by atoms with Gasteiger partial charge in [-0.2, -0.15) is 0 Å². The maximum absolute atomic E-state index is 10.4. The fourth-order valence-electron chi connectivity index (χ4n) is 1.21. The van der Waals surface area contributed by atoms with Gasteiger partial charge < -0.3 is 10.6 Å². The average Bonchev–Trinajstić information content (AvgIpc) is 1.82. The van der Waals surface area contributed by atoms with Crippen molar-refractivity contribution in [2.75, 3.05) is 19.6 Å². The monoisotopic (exact) mass is 156 g/mol. The Labute approximate surface area is 67.5 Å². The number of nitrogens with one attached hydrogen (secondary N) is 2. The highest BCUT2D eigenvalue weighted by Gasteiger charge is 2.15. The predicted molar refractivity (Wildman–Crippen MR) is 44.3 cm³/mol. The molecular formula is C8H16N2O. The summed E-state index contributed by atoms with van der Waals surface area (Å²) in [5, 5.41) is 6.01. The Hall–Kier alpha value is -0.570. The third-order valence-electron chi connectivity index (χ3n) is 2.03. The van der Waals surface area contributed by atoms with Crippen molar-refractivity contribution < 1.29 is 4.79 Å². The number of hydrogen-bond acceptors (Lipinski definition) is 2. The molecule has 0 unspecified atom stereocenters. The molecule has 2 N–H and O–H groups in total. The van der Waals surface area contributed by atoms with Gasteiger partial charge in [-0.15, -0.1) is 0 Å². The lowest BCUT2D eigenvalue weighted by Crippen LogP contribution is -2.42. The van der Waals surface area contributed by atoms with Crippen molar-refractivity contribution in [3.63, 3.8) is 0 Å². The van der Waals surface area contributed by atoms with E-state index in [4.69, 9.17) is 0 Å². The summed E-state index contributed by atoms with van der Waals surface area (Å²) in [6, 6.07) is 0.